The Bertz CT molecular complexity index is 525. The number of methoxy groups -OCH3 is 2. The SMILES string of the molecule is COCc1cc(CNC(=O)C2(COC)CCNCC2)ccc1F. The molecule has 0 atom stereocenters. The number of nitrogens with one attached hydrogen (secondary N) is 2. The van der Waals surface area contributed by atoms with E-state index in [4.69, 9.17) is 9.47 Å². The molecule has 6 heteroatoms. The minimum atomic E-state index is -0.477. The fraction of sp³-hybridized carbons (Fsp3) is 0.588. The minimum absolute atomic E-state index is 0.00142. The Kier molecular flexibility index (Phi) is 6.50. The van der Waals surface area contributed by atoms with Crippen LogP contribution < -0.4 is 10.6 Å². The second kappa shape index (κ2) is 8.38. The van der Waals surface area contributed by atoms with Crippen LogP contribution in [0.1, 0.15) is 24.0 Å². The van der Waals surface area contributed by atoms with Gasteiger partial charge in [0.15, 0.2) is 0 Å². The van der Waals surface area contributed by atoms with Crippen LogP contribution in [-0.4, -0.2) is 39.8 Å². The van der Waals surface area contributed by atoms with Crippen molar-refractivity contribution in [2.24, 2.45) is 5.41 Å². The standard InChI is InChI=1S/C17H25FN2O3/c1-22-11-14-9-13(3-4-15(14)18)10-20-16(21)17(12-23-2)5-7-19-8-6-17/h3-4,9,19H,5-8,10-12H2,1-2H3,(H,20,21). The third kappa shape index (κ3) is 4.50. The van der Waals surface area contributed by atoms with Crippen molar-refractivity contribution in [1.82, 2.24) is 10.6 Å². The lowest BCUT2D eigenvalue weighted by Gasteiger charge is -2.35. The number of carbonyl (C=O) groups is 1. The molecule has 1 aromatic rings. The number of rotatable bonds is 7. The van der Waals surface area contributed by atoms with Gasteiger partial charge < -0.3 is 20.1 Å². The minimum Gasteiger partial charge on any atom is -0.384 e. The Labute approximate surface area is 136 Å². The van der Waals surface area contributed by atoms with Gasteiger partial charge in [0.1, 0.15) is 5.82 Å². The number of carbonyl (C=O) groups excluding carboxylic acids is 1. The molecular weight excluding hydrogens is 299 g/mol. The molecule has 2 N–H and O–H groups in total. The van der Waals surface area contributed by atoms with Crippen LogP contribution in [0.3, 0.4) is 0 Å². The van der Waals surface area contributed by atoms with Crippen LogP contribution in [0, 0.1) is 11.2 Å². The van der Waals surface area contributed by atoms with Crippen molar-refractivity contribution in [3.63, 3.8) is 0 Å². The second-order valence-corrected chi connectivity index (χ2v) is 6.00. The van der Waals surface area contributed by atoms with Gasteiger partial charge in [-0.05, 0) is 43.6 Å². The van der Waals surface area contributed by atoms with Gasteiger partial charge >= 0.3 is 0 Å². The summed E-state index contributed by atoms with van der Waals surface area (Å²) < 4.78 is 23.9. The molecule has 0 unspecified atom stereocenters. The topological polar surface area (TPSA) is 59.6 Å². The molecule has 1 aliphatic heterocycles. The summed E-state index contributed by atoms with van der Waals surface area (Å²) in [5, 5.41) is 6.24. The molecular formula is C17H25FN2O3. The molecule has 0 bridgehead atoms. The highest BCUT2D eigenvalue weighted by atomic mass is 19.1. The zero-order chi connectivity index (χ0) is 16.7. The maximum Gasteiger partial charge on any atom is 0.228 e. The van der Waals surface area contributed by atoms with E-state index in [0.717, 1.165) is 31.5 Å². The quantitative estimate of drug-likeness (QED) is 0.800. The summed E-state index contributed by atoms with van der Waals surface area (Å²) >= 11 is 0. The van der Waals surface area contributed by atoms with Gasteiger partial charge in [0.25, 0.3) is 0 Å². The normalized spacial score (nSPS) is 17.0. The number of benzene rings is 1. The molecule has 1 heterocycles. The van der Waals surface area contributed by atoms with Crippen molar-refractivity contribution in [3.05, 3.63) is 35.1 Å². The molecule has 0 spiro atoms. The zero-order valence-corrected chi connectivity index (χ0v) is 13.8. The van der Waals surface area contributed by atoms with E-state index in [9.17, 15) is 9.18 Å². The van der Waals surface area contributed by atoms with Crippen LogP contribution >= 0.6 is 0 Å². The van der Waals surface area contributed by atoms with Crippen molar-refractivity contribution >= 4 is 5.91 Å². The van der Waals surface area contributed by atoms with E-state index in [2.05, 4.69) is 10.6 Å². The molecule has 2 rings (SSSR count). The van der Waals surface area contributed by atoms with Crippen molar-refractivity contribution in [3.8, 4) is 0 Å². The van der Waals surface area contributed by atoms with Crippen molar-refractivity contribution in [2.45, 2.75) is 26.0 Å². The lowest BCUT2D eigenvalue weighted by molar-refractivity contribution is -0.136. The Hall–Kier alpha value is -1.50. The smallest absolute Gasteiger partial charge is 0.228 e. The van der Waals surface area contributed by atoms with E-state index >= 15 is 0 Å². The van der Waals surface area contributed by atoms with E-state index in [1.807, 2.05) is 0 Å². The number of hydrogen-bond donors (Lipinski definition) is 2. The van der Waals surface area contributed by atoms with E-state index in [1.54, 1.807) is 19.2 Å². The van der Waals surface area contributed by atoms with Crippen LogP contribution in [0.4, 0.5) is 4.39 Å². The maximum absolute atomic E-state index is 13.6. The van der Waals surface area contributed by atoms with Gasteiger partial charge in [0.05, 0.1) is 18.6 Å². The van der Waals surface area contributed by atoms with Gasteiger partial charge in [0.2, 0.25) is 5.91 Å². The summed E-state index contributed by atoms with van der Waals surface area (Å²) in [6.45, 7) is 2.62. The summed E-state index contributed by atoms with van der Waals surface area (Å²) in [5.74, 6) is -0.297. The monoisotopic (exact) mass is 324 g/mol. The summed E-state index contributed by atoms with van der Waals surface area (Å²) in [5.41, 5.74) is 0.871. The van der Waals surface area contributed by atoms with E-state index in [0.29, 0.717) is 18.7 Å². The van der Waals surface area contributed by atoms with Gasteiger partial charge in [0, 0.05) is 26.3 Å². The van der Waals surface area contributed by atoms with Crippen LogP contribution in [0.5, 0.6) is 0 Å². The Balaban J connectivity index is 2.01. The predicted octanol–water partition coefficient (Wildman–Crippen LogP) is 1.60. The molecule has 5 nitrogen and oxygen atoms in total. The summed E-state index contributed by atoms with van der Waals surface area (Å²) in [6.07, 6.45) is 1.51. The molecule has 0 radical (unpaired) electrons. The Morgan fingerprint density at radius 2 is 2.04 bits per heavy atom. The summed E-state index contributed by atoms with van der Waals surface area (Å²) in [6, 6.07) is 4.82. The van der Waals surface area contributed by atoms with E-state index < -0.39 is 5.41 Å². The van der Waals surface area contributed by atoms with Crippen molar-refractivity contribution < 1.29 is 18.7 Å². The van der Waals surface area contributed by atoms with Crippen LogP contribution in [0.25, 0.3) is 0 Å². The van der Waals surface area contributed by atoms with E-state index in [1.165, 1.54) is 13.2 Å². The van der Waals surface area contributed by atoms with Gasteiger partial charge in [-0.1, -0.05) is 6.07 Å². The lowest BCUT2D eigenvalue weighted by atomic mass is 9.78. The predicted molar refractivity (Wildman–Crippen MR) is 85.4 cm³/mol. The Morgan fingerprint density at radius 1 is 1.30 bits per heavy atom. The molecule has 1 aromatic carbocycles. The fourth-order valence-electron chi connectivity index (χ4n) is 2.99. The molecule has 23 heavy (non-hydrogen) atoms. The van der Waals surface area contributed by atoms with Gasteiger partial charge in [-0.25, -0.2) is 4.39 Å². The average Bonchev–Trinajstić information content (AvgIpc) is 2.56. The van der Waals surface area contributed by atoms with Gasteiger partial charge in [-0.3, -0.25) is 4.79 Å². The number of halogens is 1. The lowest BCUT2D eigenvalue weighted by Crippen LogP contribution is -2.49. The fourth-order valence-corrected chi connectivity index (χ4v) is 2.99. The highest BCUT2D eigenvalue weighted by Crippen LogP contribution is 2.29. The summed E-state index contributed by atoms with van der Waals surface area (Å²) in [4.78, 5) is 12.6. The molecule has 1 aliphatic rings. The molecule has 1 saturated heterocycles. The second-order valence-electron chi connectivity index (χ2n) is 6.00. The molecule has 0 saturated carbocycles. The largest absolute Gasteiger partial charge is 0.384 e. The first-order valence-corrected chi connectivity index (χ1v) is 7.85. The third-order valence-electron chi connectivity index (χ3n) is 4.33. The first kappa shape index (κ1) is 17.8. The van der Waals surface area contributed by atoms with Gasteiger partial charge in [-0.15, -0.1) is 0 Å². The molecule has 1 fully saturated rings. The highest BCUT2D eigenvalue weighted by molar-refractivity contribution is 5.83. The van der Waals surface area contributed by atoms with Crippen LogP contribution in [0.2, 0.25) is 0 Å². The number of hydrogen-bond acceptors (Lipinski definition) is 4. The first-order valence-electron chi connectivity index (χ1n) is 7.85. The van der Waals surface area contributed by atoms with Crippen molar-refractivity contribution in [1.29, 1.82) is 0 Å². The van der Waals surface area contributed by atoms with Crippen molar-refractivity contribution in [2.75, 3.05) is 33.9 Å². The van der Waals surface area contributed by atoms with Gasteiger partial charge in [-0.2, -0.15) is 0 Å². The van der Waals surface area contributed by atoms with E-state index in [-0.39, 0.29) is 18.3 Å². The zero-order valence-electron chi connectivity index (χ0n) is 13.8. The Morgan fingerprint density at radius 3 is 2.70 bits per heavy atom. The number of ether oxygens (including phenoxy) is 2. The molecule has 0 aliphatic carbocycles. The highest BCUT2D eigenvalue weighted by Gasteiger charge is 2.39. The third-order valence-corrected chi connectivity index (χ3v) is 4.33. The molecule has 1 amide bonds. The maximum atomic E-state index is 13.6. The number of piperidine rings is 1. The molecule has 128 valence electrons. The summed E-state index contributed by atoms with van der Waals surface area (Å²) in [7, 11) is 3.15. The van der Waals surface area contributed by atoms with Crippen LogP contribution in [-0.2, 0) is 27.4 Å². The number of amides is 1. The first-order chi connectivity index (χ1) is 11.1. The molecule has 0 aromatic heterocycles. The average molecular weight is 324 g/mol. The van der Waals surface area contributed by atoms with Crippen LogP contribution in [0.15, 0.2) is 18.2 Å².